The third-order valence-corrected chi connectivity index (χ3v) is 4.41. The molecule has 2 aromatic rings. The summed E-state index contributed by atoms with van der Waals surface area (Å²) in [6, 6.07) is 5.89. The van der Waals surface area contributed by atoms with Crippen molar-refractivity contribution in [3.63, 3.8) is 0 Å². The van der Waals surface area contributed by atoms with Gasteiger partial charge < -0.3 is 4.74 Å². The Labute approximate surface area is 132 Å². The maximum Gasteiger partial charge on any atom is 0.387 e. The van der Waals surface area contributed by atoms with E-state index in [0.29, 0.717) is 11.5 Å². The molecule has 0 fully saturated rings. The minimum absolute atomic E-state index is 0.185. The summed E-state index contributed by atoms with van der Waals surface area (Å²) in [6.45, 7) is 0.323. The third kappa shape index (κ3) is 4.67. The molecule has 6 nitrogen and oxygen atoms in total. The van der Waals surface area contributed by atoms with Gasteiger partial charge in [0.05, 0.1) is 10.9 Å². The zero-order valence-electron chi connectivity index (χ0n) is 12.4. The van der Waals surface area contributed by atoms with E-state index in [2.05, 4.69) is 19.4 Å². The molecule has 0 saturated carbocycles. The van der Waals surface area contributed by atoms with Crippen LogP contribution in [-0.2, 0) is 10.0 Å². The highest BCUT2D eigenvalue weighted by atomic mass is 32.2. The summed E-state index contributed by atoms with van der Waals surface area (Å²) in [7, 11) is -3.93. The molecule has 1 aromatic heterocycles. The van der Waals surface area contributed by atoms with Crippen LogP contribution in [-0.4, -0.2) is 25.0 Å². The number of nitrogens with zero attached hydrogens (tertiary/aromatic N) is 2. The second kappa shape index (κ2) is 6.97. The van der Waals surface area contributed by atoms with Gasteiger partial charge in [-0.1, -0.05) is 6.07 Å². The number of benzene rings is 1. The maximum atomic E-state index is 12.3. The Kier molecular flexibility index (Phi) is 5.22. The van der Waals surface area contributed by atoms with Crippen LogP contribution < -0.4 is 9.46 Å². The Balaban J connectivity index is 2.21. The van der Waals surface area contributed by atoms with Gasteiger partial charge in [0.2, 0.25) is 10.0 Å². The van der Waals surface area contributed by atoms with E-state index in [9.17, 15) is 17.2 Å². The molecular weight excluding hydrogens is 328 g/mol. The molecule has 1 aromatic carbocycles. The van der Waals surface area contributed by atoms with Gasteiger partial charge in [0.25, 0.3) is 0 Å². The molecule has 23 heavy (non-hydrogen) atoms. The first-order valence-corrected chi connectivity index (χ1v) is 8.13. The predicted octanol–water partition coefficient (Wildman–Crippen LogP) is 2.43. The molecule has 0 aliphatic carbocycles. The number of sulfonamides is 1. The number of alkyl halides is 2. The normalized spacial score (nSPS) is 13.1. The van der Waals surface area contributed by atoms with Crippen LogP contribution in [0.15, 0.2) is 41.4 Å². The average molecular weight is 343 g/mol. The molecule has 1 atom stereocenters. The van der Waals surface area contributed by atoms with E-state index >= 15 is 0 Å². The Morgan fingerprint density at radius 3 is 2.65 bits per heavy atom. The Morgan fingerprint density at radius 1 is 1.26 bits per heavy atom. The molecule has 124 valence electrons. The summed E-state index contributed by atoms with van der Waals surface area (Å²) < 4.78 is 55.7. The minimum Gasteiger partial charge on any atom is -0.435 e. The fourth-order valence-corrected chi connectivity index (χ4v) is 3.08. The summed E-state index contributed by atoms with van der Waals surface area (Å²) in [5.41, 5.74) is 0.702. The molecule has 1 heterocycles. The lowest BCUT2D eigenvalue weighted by molar-refractivity contribution is -0.0499. The summed E-state index contributed by atoms with van der Waals surface area (Å²) in [4.78, 5) is 7.97. The van der Waals surface area contributed by atoms with E-state index in [1.54, 1.807) is 19.9 Å². The van der Waals surface area contributed by atoms with Crippen LogP contribution in [0.3, 0.4) is 0 Å². The van der Waals surface area contributed by atoms with Gasteiger partial charge in [-0.3, -0.25) is 0 Å². The van der Waals surface area contributed by atoms with Crippen molar-refractivity contribution in [3.05, 3.63) is 48.0 Å². The predicted molar refractivity (Wildman–Crippen MR) is 78.6 cm³/mol. The standard InChI is InChI=1S/C14H15F2N3O3S/c1-9-6-7-17-13(18-9)10(2)19-23(20,21)12-5-3-4-11(8-12)22-14(15)16/h3-8,10,14,19H,1-2H3. The van der Waals surface area contributed by atoms with Crippen molar-refractivity contribution >= 4 is 10.0 Å². The van der Waals surface area contributed by atoms with Crippen molar-refractivity contribution in [2.45, 2.75) is 31.4 Å². The number of aryl methyl sites for hydroxylation is 1. The molecule has 9 heteroatoms. The molecular formula is C14H15F2N3O3S. The van der Waals surface area contributed by atoms with Crippen molar-refractivity contribution in [2.24, 2.45) is 0 Å². The van der Waals surface area contributed by atoms with E-state index in [1.807, 2.05) is 0 Å². The van der Waals surface area contributed by atoms with Gasteiger partial charge in [-0.15, -0.1) is 0 Å². The Hall–Kier alpha value is -2.13. The van der Waals surface area contributed by atoms with E-state index < -0.39 is 22.7 Å². The fraction of sp³-hybridized carbons (Fsp3) is 0.286. The molecule has 0 saturated heterocycles. The minimum atomic E-state index is -3.93. The van der Waals surface area contributed by atoms with Gasteiger partial charge in [0.15, 0.2) is 0 Å². The summed E-state index contributed by atoms with van der Waals surface area (Å²) in [5, 5.41) is 0. The molecule has 0 spiro atoms. The number of rotatable bonds is 6. The van der Waals surface area contributed by atoms with Crippen LogP contribution in [0.2, 0.25) is 0 Å². The second-order valence-corrected chi connectivity index (χ2v) is 6.47. The molecule has 0 aliphatic rings. The largest absolute Gasteiger partial charge is 0.435 e. The van der Waals surface area contributed by atoms with Crippen LogP contribution in [0, 0.1) is 6.92 Å². The Morgan fingerprint density at radius 2 is 2.00 bits per heavy atom. The number of hydrogen-bond acceptors (Lipinski definition) is 5. The topological polar surface area (TPSA) is 81.2 Å². The van der Waals surface area contributed by atoms with Crippen molar-refractivity contribution in [1.82, 2.24) is 14.7 Å². The Bertz CT molecular complexity index is 784. The summed E-state index contributed by atoms with van der Waals surface area (Å²) >= 11 is 0. The van der Waals surface area contributed by atoms with Crippen LogP contribution in [0.25, 0.3) is 0 Å². The van der Waals surface area contributed by atoms with Gasteiger partial charge in [-0.25, -0.2) is 23.1 Å². The SMILES string of the molecule is Cc1ccnc(C(C)NS(=O)(=O)c2cccc(OC(F)F)c2)n1. The number of hydrogen-bond donors (Lipinski definition) is 1. The average Bonchev–Trinajstić information content (AvgIpc) is 2.46. The van der Waals surface area contributed by atoms with Gasteiger partial charge in [0.1, 0.15) is 11.6 Å². The van der Waals surface area contributed by atoms with Crippen molar-refractivity contribution < 1.29 is 21.9 Å². The highest BCUT2D eigenvalue weighted by Crippen LogP contribution is 2.21. The second-order valence-electron chi connectivity index (χ2n) is 4.75. The number of halogens is 2. The number of nitrogens with one attached hydrogen (secondary N) is 1. The number of aromatic nitrogens is 2. The van der Waals surface area contributed by atoms with E-state index in [0.717, 1.165) is 6.07 Å². The molecule has 0 aliphatic heterocycles. The zero-order valence-corrected chi connectivity index (χ0v) is 13.2. The first-order chi connectivity index (χ1) is 10.8. The molecule has 2 rings (SSSR count). The highest BCUT2D eigenvalue weighted by molar-refractivity contribution is 7.89. The lowest BCUT2D eigenvalue weighted by Gasteiger charge is -2.14. The summed E-state index contributed by atoms with van der Waals surface area (Å²) in [6.07, 6.45) is 1.53. The van der Waals surface area contributed by atoms with E-state index in [1.165, 1.54) is 24.4 Å². The van der Waals surface area contributed by atoms with Crippen molar-refractivity contribution in [2.75, 3.05) is 0 Å². The van der Waals surface area contributed by atoms with E-state index in [4.69, 9.17) is 0 Å². The first kappa shape index (κ1) is 17.2. The van der Waals surface area contributed by atoms with Gasteiger partial charge in [0, 0.05) is 18.0 Å². The molecule has 0 radical (unpaired) electrons. The third-order valence-electron chi connectivity index (χ3n) is 2.87. The van der Waals surface area contributed by atoms with Crippen molar-refractivity contribution in [1.29, 1.82) is 0 Å². The smallest absolute Gasteiger partial charge is 0.387 e. The van der Waals surface area contributed by atoms with Crippen LogP contribution in [0.1, 0.15) is 24.5 Å². The van der Waals surface area contributed by atoms with Crippen LogP contribution in [0.4, 0.5) is 8.78 Å². The quantitative estimate of drug-likeness (QED) is 0.871. The summed E-state index contributed by atoms with van der Waals surface area (Å²) in [5.74, 6) is 0.0795. The first-order valence-electron chi connectivity index (χ1n) is 6.64. The fourth-order valence-electron chi connectivity index (χ4n) is 1.85. The van der Waals surface area contributed by atoms with E-state index in [-0.39, 0.29) is 10.6 Å². The zero-order chi connectivity index (χ0) is 17.0. The van der Waals surface area contributed by atoms with Gasteiger partial charge in [-0.2, -0.15) is 8.78 Å². The van der Waals surface area contributed by atoms with Crippen LogP contribution >= 0.6 is 0 Å². The maximum absolute atomic E-state index is 12.3. The van der Waals surface area contributed by atoms with Gasteiger partial charge >= 0.3 is 6.61 Å². The van der Waals surface area contributed by atoms with Gasteiger partial charge in [-0.05, 0) is 32.0 Å². The van der Waals surface area contributed by atoms with Crippen molar-refractivity contribution in [3.8, 4) is 5.75 Å². The highest BCUT2D eigenvalue weighted by Gasteiger charge is 2.21. The number of ether oxygens (including phenoxy) is 1. The molecule has 1 N–H and O–H groups in total. The monoisotopic (exact) mass is 343 g/mol. The molecule has 0 bridgehead atoms. The molecule has 0 amide bonds. The lowest BCUT2D eigenvalue weighted by Crippen LogP contribution is -2.28. The molecule has 1 unspecified atom stereocenters. The lowest BCUT2D eigenvalue weighted by atomic mass is 10.3. The van der Waals surface area contributed by atoms with Crippen LogP contribution in [0.5, 0.6) is 5.75 Å².